The highest BCUT2D eigenvalue weighted by Crippen LogP contribution is 2.31. The topological polar surface area (TPSA) is 86.2 Å². The van der Waals surface area contributed by atoms with E-state index in [1.54, 1.807) is 0 Å². The van der Waals surface area contributed by atoms with E-state index in [0.29, 0.717) is 19.6 Å². The maximum absolute atomic E-state index is 12.1. The molecule has 0 aromatic heterocycles. The lowest BCUT2D eigenvalue weighted by Gasteiger charge is -2.27. The van der Waals surface area contributed by atoms with E-state index in [2.05, 4.69) is 10.6 Å². The number of anilines is 1. The van der Waals surface area contributed by atoms with Gasteiger partial charge in [0.25, 0.3) is 0 Å². The number of piperidine rings is 1. The van der Waals surface area contributed by atoms with Crippen molar-refractivity contribution < 1.29 is 14.6 Å². The van der Waals surface area contributed by atoms with Crippen LogP contribution in [-0.4, -0.2) is 56.4 Å². The fourth-order valence-corrected chi connectivity index (χ4v) is 3.96. The molecule has 1 amide bonds. The van der Waals surface area contributed by atoms with Gasteiger partial charge in [0, 0.05) is 50.4 Å². The number of benzene rings is 1. The Morgan fingerprint density at radius 2 is 2.10 bits per heavy atom. The quantitative estimate of drug-likeness (QED) is 0.458. The summed E-state index contributed by atoms with van der Waals surface area (Å²) < 4.78 is 5.56. The van der Waals surface area contributed by atoms with Crippen LogP contribution < -0.4 is 15.5 Å². The number of aliphatic hydroxyl groups is 1. The van der Waals surface area contributed by atoms with Crippen molar-refractivity contribution in [2.75, 3.05) is 44.4 Å². The van der Waals surface area contributed by atoms with E-state index < -0.39 is 0 Å². The van der Waals surface area contributed by atoms with Crippen LogP contribution in [0, 0.1) is 5.41 Å². The first kappa shape index (κ1) is 21.6. The van der Waals surface area contributed by atoms with Gasteiger partial charge < -0.3 is 25.4 Å². The molecular weight excluding hydrogens is 368 g/mol. The van der Waals surface area contributed by atoms with Gasteiger partial charge in [-0.25, -0.2) is 4.99 Å². The van der Waals surface area contributed by atoms with E-state index in [-0.39, 0.29) is 17.9 Å². The van der Waals surface area contributed by atoms with E-state index in [0.717, 1.165) is 69.1 Å². The van der Waals surface area contributed by atoms with E-state index in [9.17, 15) is 9.90 Å². The number of hydrogen-bond donors (Lipinski definition) is 3. The molecule has 0 radical (unpaired) electrons. The van der Waals surface area contributed by atoms with Gasteiger partial charge in [0.15, 0.2) is 5.96 Å². The molecule has 2 heterocycles. The van der Waals surface area contributed by atoms with Crippen LogP contribution in [0.4, 0.5) is 5.69 Å². The van der Waals surface area contributed by atoms with Gasteiger partial charge in [0.05, 0.1) is 13.2 Å². The summed E-state index contributed by atoms with van der Waals surface area (Å²) in [6, 6.07) is 8.12. The number of ether oxygens (including phenoxy) is 1. The van der Waals surface area contributed by atoms with Crippen molar-refractivity contribution >= 4 is 17.6 Å². The van der Waals surface area contributed by atoms with E-state index in [4.69, 9.17) is 9.73 Å². The Balaban J connectivity index is 1.58. The summed E-state index contributed by atoms with van der Waals surface area (Å²) in [6.45, 7) is 6.53. The zero-order valence-electron chi connectivity index (χ0n) is 17.5. The van der Waals surface area contributed by atoms with Gasteiger partial charge in [-0.1, -0.05) is 12.1 Å². The van der Waals surface area contributed by atoms with Crippen molar-refractivity contribution in [3.05, 3.63) is 29.8 Å². The lowest BCUT2D eigenvalue weighted by molar-refractivity contribution is -0.119. The summed E-state index contributed by atoms with van der Waals surface area (Å²) in [5.41, 5.74) is 2.05. The number of nitrogens with zero attached hydrogens (tertiary/aromatic N) is 2. The minimum absolute atomic E-state index is 0.0203. The van der Waals surface area contributed by atoms with Crippen molar-refractivity contribution in [2.24, 2.45) is 10.4 Å². The van der Waals surface area contributed by atoms with Crippen LogP contribution >= 0.6 is 0 Å². The molecular formula is C22H34N4O3. The highest BCUT2D eigenvalue weighted by molar-refractivity contribution is 5.93. The minimum atomic E-state index is -0.0203. The molecule has 7 nitrogen and oxygen atoms in total. The van der Waals surface area contributed by atoms with Crippen molar-refractivity contribution in [1.29, 1.82) is 0 Å². The Hall–Kier alpha value is -2.12. The highest BCUT2D eigenvalue weighted by Gasteiger charge is 2.34. The fourth-order valence-electron chi connectivity index (χ4n) is 3.96. The number of hydrogen-bond acceptors (Lipinski definition) is 4. The zero-order chi connectivity index (χ0) is 20.5. The molecule has 1 unspecified atom stereocenters. The molecule has 0 aliphatic carbocycles. The number of carbonyl (C=O) groups is 1. The number of aliphatic imine (C=N–C) groups is 1. The standard InChI is InChI=1S/C22H34N4O3/c1-2-23-21(25-16-22(10-13-27)11-14-29-17-22)24-15-18-6-8-19(9-7-18)26-12-4-3-5-20(26)28/h6-9,27H,2-5,10-17H2,1H3,(H2,23,24,25). The van der Waals surface area contributed by atoms with Gasteiger partial charge in [-0.15, -0.1) is 0 Å². The highest BCUT2D eigenvalue weighted by atomic mass is 16.5. The van der Waals surface area contributed by atoms with Gasteiger partial charge >= 0.3 is 0 Å². The largest absolute Gasteiger partial charge is 0.396 e. The van der Waals surface area contributed by atoms with Gasteiger partial charge in [-0.3, -0.25) is 4.79 Å². The van der Waals surface area contributed by atoms with Gasteiger partial charge in [-0.2, -0.15) is 0 Å². The van der Waals surface area contributed by atoms with E-state index in [1.165, 1.54) is 0 Å². The Bertz CT molecular complexity index is 684. The molecule has 1 atom stereocenters. The molecule has 2 aliphatic rings. The summed E-state index contributed by atoms with van der Waals surface area (Å²) in [7, 11) is 0. The second kappa shape index (κ2) is 10.6. The van der Waals surface area contributed by atoms with E-state index in [1.807, 2.05) is 36.1 Å². The number of carbonyl (C=O) groups excluding carboxylic acids is 1. The molecule has 2 saturated heterocycles. The number of rotatable bonds is 8. The van der Waals surface area contributed by atoms with Crippen molar-refractivity contribution in [1.82, 2.24) is 10.6 Å². The van der Waals surface area contributed by atoms with Crippen LogP contribution in [0.5, 0.6) is 0 Å². The molecule has 1 aromatic rings. The molecule has 7 heteroatoms. The minimum Gasteiger partial charge on any atom is -0.396 e. The van der Waals surface area contributed by atoms with Crippen LogP contribution in [0.25, 0.3) is 0 Å². The number of aliphatic hydroxyl groups excluding tert-OH is 1. The van der Waals surface area contributed by atoms with Crippen LogP contribution in [0.15, 0.2) is 29.3 Å². The third-order valence-electron chi connectivity index (χ3n) is 5.79. The zero-order valence-corrected chi connectivity index (χ0v) is 17.5. The summed E-state index contributed by atoms with van der Waals surface area (Å²) >= 11 is 0. The molecule has 0 bridgehead atoms. The Kier molecular flexibility index (Phi) is 7.89. The summed E-state index contributed by atoms with van der Waals surface area (Å²) in [6.07, 6.45) is 4.39. The molecule has 3 N–H and O–H groups in total. The fraction of sp³-hybridized carbons (Fsp3) is 0.636. The molecule has 29 heavy (non-hydrogen) atoms. The average Bonchev–Trinajstić information content (AvgIpc) is 3.20. The second-order valence-corrected chi connectivity index (χ2v) is 7.99. The molecule has 1 aromatic carbocycles. The first-order chi connectivity index (χ1) is 14.2. The van der Waals surface area contributed by atoms with Crippen LogP contribution in [-0.2, 0) is 16.1 Å². The summed E-state index contributed by atoms with van der Waals surface area (Å²) in [4.78, 5) is 18.7. The summed E-state index contributed by atoms with van der Waals surface area (Å²) in [5, 5.41) is 16.1. The molecule has 160 valence electrons. The van der Waals surface area contributed by atoms with Crippen molar-refractivity contribution in [3.8, 4) is 0 Å². The maximum atomic E-state index is 12.1. The van der Waals surface area contributed by atoms with Crippen molar-refractivity contribution in [3.63, 3.8) is 0 Å². The average molecular weight is 403 g/mol. The molecule has 0 saturated carbocycles. The van der Waals surface area contributed by atoms with Gasteiger partial charge in [0.2, 0.25) is 5.91 Å². The Morgan fingerprint density at radius 1 is 1.28 bits per heavy atom. The third-order valence-corrected chi connectivity index (χ3v) is 5.79. The van der Waals surface area contributed by atoms with Crippen molar-refractivity contribution in [2.45, 2.75) is 45.6 Å². The molecule has 3 rings (SSSR count). The monoisotopic (exact) mass is 402 g/mol. The predicted octanol–water partition coefficient (Wildman–Crippen LogP) is 2.05. The number of amides is 1. The first-order valence-electron chi connectivity index (χ1n) is 10.8. The first-order valence-corrected chi connectivity index (χ1v) is 10.8. The Labute approximate surface area is 173 Å². The Morgan fingerprint density at radius 3 is 2.76 bits per heavy atom. The second-order valence-electron chi connectivity index (χ2n) is 7.99. The normalized spacial score (nSPS) is 22.8. The van der Waals surface area contributed by atoms with Crippen LogP contribution in [0.1, 0.15) is 44.6 Å². The lowest BCUT2D eigenvalue weighted by Crippen LogP contribution is -2.44. The summed E-state index contributed by atoms with van der Waals surface area (Å²) in [5.74, 6) is 0.986. The van der Waals surface area contributed by atoms with Gasteiger partial charge in [0.1, 0.15) is 0 Å². The lowest BCUT2D eigenvalue weighted by atomic mass is 9.84. The van der Waals surface area contributed by atoms with Crippen LogP contribution in [0.2, 0.25) is 0 Å². The maximum Gasteiger partial charge on any atom is 0.226 e. The number of guanidine groups is 1. The third kappa shape index (κ3) is 5.93. The molecule has 0 spiro atoms. The predicted molar refractivity (Wildman–Crippen MR) is 115 cm³/mol. The van der Waals surface area contributed by atoms with Gasteiger partial charge in [-0.05, 0) is 50.3 Å². The molecule has 2 aliphatic heterocycles. The smallest absolute Gasteiger partial charge is 0.226 e. The number of nitrogens with one attached hydrogen (secondary N) is 2. The van der Waals surface area contributed by atoms with Crippen LogP contribution in [0.3, 0.4) is 0 Å². The SMILES string of the molecule is CCNC(=NCc1ccc(N2CCCCC2=O)cc1)NCC1(CCO)CCOC1. The van der Waals surface area contributed by atoms with E-state index >= 15 is 0 Å². The molecule has 2 fully saturated rings.